The van der Waals surface area contributed by atoms with E-state index in [-0.39, 0.29) is 11.6 Å². The van der Waals surface area contributed by atoms with Gasteiger partial charge < -0.3 is 0 Å². The first-order valence-corrected chi connectivity index (χ1v) is 11.1. The lowest BCUT2D eigenvalue weighted by Crippen LogP contribution is -2.30. The van der Waals surface area contributed by atoms with Gasteiger partial charge in [0.05, 0.1) is 18.1 Å². The van der Waals surface area contributed by atoms with Crippen LogP contribution in [0, 0.1) is 0 Å². The Balaban J connectivity index is 1.64. The standard InChI is InChI=1S/C18H20F2N6O2S/c1-29(27,28)25-7-2-3-12(6-8-25)14-9-15(23-11-22-14)16-10-21-17-5-4-13(18(19)20)24-26(16)17/h4-5,9-12,18H,2-3,6-8H2,1H3/t12-/m0/s1. The zero-order chi connectivity index (χ0) is 20.6. The van der Waals surface area contributed by atoms with Crippen LogP contribution in [0.25, 0.3) is 17.0 Å². The average Bonchev–Trinajstić information content (AvgIpc) is 2.93. The Hall–Kier alpha value is -2.53. The third-order valence-electron chi connectivity index (χ3n) is 5.13. The molecule has 0 aromatic carbocycles. The first-order chi connectivity index (χ1) is 13.8. The second-order valence-corrected chi connectivity index (χ2v) is 9.07. The molecule has 1 saturated heterocycles. The van der Waals surface area contributed by atoms with Crippen molar-refractivity contribution in [2.75, 3.05) is 19.3 Å². The number of rotatable bonds is 4. The fourth-order valence-corrected chi connectivity index (χ4v) is 4.51. The Morgan fingerprint density at radius 2 is 1.97 bits per heavy atom. The number of fused-ring (bicyclic) bond motifs is 1. The second-order valence-electron chi connectivity index (χ2n) is 7.09. The Labute approximate surface area is 166 Å². The molecule has 4 rings (SSSR count). The van der Waals surface area contributed by atoms with Gasteiger partial charge in [-0.2, -0.15) is 5.10 Å². The molecule has 1 aliphatic heterocycles. The van der Waals surface area contributed by atoms with Crippen molar-refractivity contribution >= 4 is 15.7 Å². The summed E-state index contributed by atoms with van der Waals surface area (Å²) in [5.41, 5.74) is 1.94. The van der Waals surface area contributed by atoms with Crippen molar-refractivity contribution in [2.24, 2.45) is 0 Å². The third kappa shape index (κ3) is 4.10. The summed E-state index contributed by atoms with van der Waals surface area (Å²) in [7, 11) is -3.21. The smallest absolute Gasteiger partial charge is 0.241 e. The molecule has 0 saturated carbocycles. The van der Waals surface area contributed by atoms with Gasteiger partial charge in [0.1, 0.15) is 17.7 Å². The molecule has 0 amide bonds. The van der Waals surface area contributed by atoms with E-state index in [0.717, 1.165) is 18.5 Å². The van der Waals surface area contributed by atoms with Crippen LogP contribution in [0.5, 0.6) is 0 Å². The zero-order valence-corrected chi connectivity index (χ0v) is 16.6. The lowest BCUT2D eigenvalue weighted by molar-refractivity contribution is 0.144. The Morgan fingerprint density at radius 1 is 1.14 bits per heavy atom. The molecule has 4 heterocycles. The molecular formula is C18H20F2N6O2S. The van der Waals surface area contributed by atoms with Crippen molar-refractivity contribution in [2.45, 2.75) is 31.6 Å². The minimum Gasteiger partial charge on any atom is -0.241 e. The van der Waals surface area contributed by atoms with Gasteiger partial charge in [-0.05, 0) is 37.5 Å². The van der Waals surface area contributed by atoms with E-state index in [2.05, 4.69) is 20.1 Å². The first kappa shape index (κ1) is 19.8. The number of alkyl halides is 2. The van der Waals surface area contributed by atoms with E-state index in [4.69, 9.17) is 0 Å². The number of hydrogen-bond acceptors (Lipinski definition) is 6. The highest BCUT2D eigenvalue weighted by Gasteiger charge is 2.25. The molecule has 3 aromatic heterocycles. The number of sulfonamides is 1. The van der Waals surface area contributed by atoms with Crippen molar-refractivity contribution < 1.29 is 17.2 Å². The normalized spacial score (nSPS) is 19.0. The fourth-order valence-electron chi connectivity index (χ4n) is 3.61. The maximum absolute atomic E-state index is 13.0. The van der Waals surface area contributed by atoms with Crippen LogP contribution < -0.4 is 0 Å². The van der Waals surface area contributed by atoms with E-state index < -0.39 is 16.4 Å². The number of halogens is 2. The van der Waals surface area contributed by atoms with Crippen molar-refractivity contribution in [3.8, 4) is 11.4 Å². The maximum atomic E-state index is 13.0. The van der Waals surface area contributed by atoms with Gasteiger partial charge in [-0.3, -0.25) is 0 Å². The fraction of sp³-hybridized carbons (Fsp3) is 0.444. The molecule has 0 aliphatic carbocycles. The van der Waals surface area contributed by atoms with Gasteiger partial charge in [0.2, 0.25) is 10.0 Å². The van der Waals surface area contributed by atoms with Crippen molar-refractivity contribution in [1.29, 1.82) is 0 Å². The highest BCUT2D eigenvalue weighted by molar-refractivity contribution is 7.88. The van der Waals surface area contributed by atoms with Crippen molar-refractivity contribution in [3.05, 3.63) is 42.1 Å². The number of nitrogens with zero attached hydrogens (tertiary/aromatic N) is 6. The topological polar surface area (TPSA) is 93.4 Å². The maximum Gasteiger partial charge on any atom is 0.282 e. The van der Waals surface area contributed by atoms with E-state index in [1.54, 1.807) is 12.3 Å². The van der Waals surface area contributed by atoms with Gasteiger partial charge in [0.15, 0.2) is 5.65 Å². The molecule has 3 aromatic rings. The second kappa shape index (κ2) is 7.71. The SMILES string of the molecule is CS(=O)(=O)N1CCC[C@H](c2cc(-c3cnc4ccc(C(F)F)nn34)ncn2)CC1. The van der Waals surface area contributed by atoms with Crippen molar-refractivity contribution in [3.63, 3.8) is 0 Å². The molecular weight excluding hydrogens is 402 g/mol. The van der Waals surface area contributed by atoms with E-state index in [1.165, 1.54) is 33.5 Å². The summed E-state index contributed by atoms with van der Waals surface area (Å²) in [4.78, 5) is 12.9. The van der Waals surface area contributed by atoms with E-state index >= 15 is 0 Å². The molecule has 1 fully saturated rings. The average molecular weight is 422 g/mol. The molecule has 8 nitrogen and oxygen atoms in total. The Bertz CT molecular complexity index is 1130. The van der Waals surface area contributed by atoms with Crippen LogP contribution in [0.15, 0.2) is 30.7 Å². The van der Waals surface area contributed by atoms with E-state index in [9.17, 15) is 17.2 Å². The molecule has 0 spiro atoms. The van der Waals surface area contributed by atoms with Crippen LogP contribution >= 0.6 is 0 Å². The predicted octanol–water partition coefficient (Wildman–Crippen LogP) is 2.65. The van der Waals surface area contributed by atoms with Crippen LogP contribution in [0.4, 0.5) is 8.78 Å². The van der Waals surface area contributed by atoms with Gasteiger partial charge in [0, 0.05) is 24.7 Å². The molecule has 0 radical (unpaired) electrons. The lowest BCUT2D eigenvalue weighted by atomic mass is 9.96. The monoisotopic (exact) mass is 422 g/mol. The zero-order valence-electron chi connectivity index (χ0n) is 15.7. The van der Waals surface area contributed by atoms with Gasteiger partial charge in [-0.15, -0.1) is 0 Å². The summed E-state index contributed by atoms with van der Waals surface area (Å²) >= 11 is 0. The Morgan fingerprint density at radius 3 is 2.72 bits per heavy atom. The lowest BCUT2D eigenvalue weighted by Gasteiger charge is -2.17. The van der Waals surface area contributed by atoms with Crippen molar-refractivity contribution in [1.82, 2.24) is 28.9 Å². The first-order valence-electron chi connectivity index (χ1n) is 9.23. The van der Waals surface area contributed by atoms with Crippen LogP contribution in [0.3, 0.4) is 0 Å². The molecule has 1 atom stereocenters. The molecule has 11 heteroatoms. The molecule has 29 heavy (non-hydrogen) atoms. The molecule has 1 aliphatic rings. The van der Waals surface area contributed by atoms with Gasteiger partial charge >= 0.3 is 0 Å². The predicted molar refractivity (Wildman–Crippen MR) is 102 cm³/mol. The van der Waals surface area contributed by atoms with E-state index in [1.807, 2.05) is 0 Å². The molecule has 154 valence electrons. The number of hydrogen-bond donors (Lipinski definition) is 0. The largest absolute Gasteiger partial charge is 0.282 e. The highest BCUT2D eigenvalue weighted by Crippen LogP contribution is 2.29. The van der Waals surface area contributed by atoms with Crippen LogP contribution in [0.1, 0.15) is 43.0 Å². The minimum absolute atomic E-state index is 0.0901. The summed E-state index contributed by atoms with van der Waals surface area (Å²) in [6, 6.07) is 4.55. The van der Waals surface area contributed by atoms with E-state index in [0.29, 0.717) is 36.5 Å². The van der Waals surface area contributed by atoms with Crippen LogP contribution in [-0.2, 0) is 10.0 Å². The third-order valence-corrected chi connectivity index (χ3v) is 6.43. The number of imidazole rings is 1. The summed E-state index contributed by atoms with van der Waals surface area (Å²) < 4.78 is 52.5. The number of aromatic nitrogens is 5. The highest BCUT2D eigenvalue weighted by atomic mass is 32.2. The molecule has 0 unspecified atom stereocenters. The van der Waals surface area contributed by atoms with Gasteiger partial charge in [-0.25, -0.2) is 41.0 Å². The summed E-state index contributed by atoms with van der Waals surface area (Å²) in [5, 5.41) is 3.98. The Kier molecular flexibility index (Phi) is 5.26. The van der Waals surface area contributed by atoms with Crippen LogP contribution in [-0.4, -0.2) is 56.6 Å². The quantitative estimate of drug-likeness (QED) is 0.642. The van der Waals surface area contributed by atoms with Gasteiger partial charge in [-0.1, -0.05) is 0 Å². The molecule has 0 bridgehead atoms. The summed E-state index contributed by atoms with van der Waals surface area (Å²) in [6.07, 6.45) is 3.73. The molecule has 0 N–H and O–H groups in total. The van der Waals surface area contributed by atoms with Gasteiger partial charge in [0.25, 0.3) is 6.43 Å². The summed E-state index contributed by atoms with van der Waals surface area (Å²) in [5.74, 6) is 0.0901. The minimum atomic E-state index is -3.21. The summed E-state index contributed by atoms with van der Waals surface area (Å²) in [6.45, 7) is 0.943. The van der Waals surface area contributed by atoms with Crippen LogP contribution in [0.2, 0.25) is 0 Å².